The van der Waals surface area contributed by atoms with Crippen LogP contribution in [0.1, 0.15) is 64.7 Å². The predicted octanol–water partition coefficient (Wildman–Crippen LogP) is 4.29. The molecule has 0 aliphatic carbocycles. The maximum absolute atomic E-state index is 12.9. The molecule has 1 fully saturated rings. The molecule has 1 aromatic rings. The van der Waals surface area contributed by atoms with Gasteiger partial charge in [0.1, 0.15) is 0 Å². The van der Waals surface area contributed by atoms with Gasteiger partial charge in [-0.05, 0) is 42.9 Å². The van der Waals surface area contributed by atoms with Gasteiger partial charge in [-0.1, -0.05) is 41.5 Å². The molecule has 2 N–H and O–H groups in total. The molecule has 0 spiro atoms. The molecule has 150 valence electrons. The average molecular weight is 374 g/mol. The smallest absolute Gasteiger partial charge is 0.253 e. The fourth-order valence-electron chi connectivity index (χ4n) is 3.03. The Kier molecular flexibility index (Phi) is 6.90. The number of nitrogens with one attached hydrogen (secondary N) is 2. The summed E-state index contributed by atoms with van der Waals surface area (Å²) in [4.78, 5) is 27.5. The SMILES string of the molecule is CC(C)CNC(=O)c1cc(NC(=O)C(C)(C)C)ccc1N1CCC(C)CC1. The zero-order valence-electron chi connectivity index (χ0n) is 17.7. The van der Waals surface area contributed by atoms with Gasteiger partial charge in [0, 0.05) is 36.4 Å². The van der Waals surface area contributed by atoms with Gasteiger partial charge in [0.25, 0.3) is 5.91 Å². The van der Waals surface area contributed by atoms with Crippen molar-refractivity contribution in [2.24, 2.45) is 17.3 Å². The molecule has 1 aromatic carbocycles. The van der Waals surface area contributed by atoms with Crippen LogP contribution in [0.3, 0.4) is 0 Å². The first-order chi connectivity index (χ1) is 12.6. The third-order valence-electron chi connectivity index (χ3n) is 4.98. The normalized spacial score (nSPS) is 15.7. The van der Waals surface area contributed by atoms with Crippen molar-refractivity contribution in [2.45, 2.75) is 54.4 Å². The summed E-state index contributed by atoms with van der Waals surface area (Å²) in [5.74, 6) is 0.974. The third-order valence-corrected chi connectivity index (χ3v) is 4.98. The third kappa shape index (κ3) is 5.98. The number of benzene rings is 1. The molecule has 27 heavy (non-hydrogen) atoms. The van der Waals surface area contributed by atoms with E-state index in [0.29, 0.717) is 23.7 Å². The Morgan fingerprint density at radius 1 is 1.19 bits per heavy atom. The van der Waals surface area contributed by atoms with Crippen LogP contribution in [0.15, 0.2) is 18.2 Å². The molecule has 0 aromatic heterocycles. The van der Waals surface area contributed by atoms with Crippen LogP contribution >= 0.6 is 0 Å². The molecule has 5 heteroatoms. The summed E-state index contributed by atoms with van der Waals surface area (Å²) in [7, 11) is 0. The Morgan fingerprint density at radius 2 is 1.81 bits per heavy atom. The standard InChI is InChI=1S/C22H35N3O2/c1-15(2)14-23-20(26)18-13-17(24-21(27)22(4,5)6)7-8-19(18)25-11-9-16(3)10-12-25/h7-8,13,15-16H,9-12,14H2,1-6H3,(H,23,26)(H,24,27). The van der Waals surface area contributed by atoms with Crippen molar-refractivity contribution in [3.8, 4) is 0 Å². The minimum atomic E-state index is -0.484. The number of hydrogen-bond donors (Lipinski definition) is 2. The monoisotopic (exact) mass is 373 g/mol. The van der Waals surface area contributed by atoms with Gasteiger partial charge in [-0.15, -0.1) is 0 Å². The van der Waals surface area contributed by atoms with Crippen LogP contribution in [-0.2, 0) is 4.79 Å². The zero-order chi connectivity index (χ0) is 20.2. The summed E-state index contributed by atoms with van der Waals surface area (Å²) in [5, 5.41) is 5.96. The highest BCUT2D eigenvalue weighted by atomic mass is 16.2. The van der Waals surface area contributed by atoms with Crippen molar-refractivity contribution in [1.29, 1.82) is 0 Å². The molecule has 2 rings (SSSR count). The van der Waals surface area contributed by atoms with E-state index in [9.17, 15) is 9.59 Å². The Morgan fingerprint density at radius 3 is 2.37 bits per heavy atom. The van der Waals surface area contributed by atoms with Crippen LogP contribution in [0.5, 0.6) is 0 Å². The Balaban J connectivity index is 2.29. The first-order valence-electron chi connectivity index (χ1n) is 10.1. The van der Waals surface area contributed by atoms with Gasteiger partial charge in [-0.2, -0.15) is 0 Å². The number of amides is 2. The zero-order valence-corrected chi connectivity index (χ0v) is 17.7. The van der Waals surface area contributed by atoms with Gasteiger partial charge in [0.15, 0.2) is 0 Å². The summed E-state index contributed by atoms with van der Waals surface area (Å²) in [6, 6.07) is 5.68. The number of hydrogen-bond acceptors (Lipinski definition) is 3. The predicted molar refractivity (Wildman–Crippen MR) is 112 cm³/mol. The van der Waals surface area contributed by atoms with Gasteiger partial charge < -0.3 is 15.5 Å². The number of carbonyl (C=O) groups excluding carboxylic acids is 2. The first-order valence-corrected chi connectivity index (χ1v) is 10.1. The Labute approximate surface area is 163 Å². The van der Waals surface area contributed by atoms with E-state index < -0.39 is 5.41 Å². The van der Waals surface area contributed by atoms with Gasteiger partial charge in [-0.3, -0.25) is 9.59 Å². The highest BCUT2D eigenvalue weighted by Gasteiger charge is 2.24. The van der Waals surface area contributed by atoms with Gasteiger partial charge >= 0.3 is 0 Å². The van der Waals surface area contributed by atoms with Crippen molar-refractivity contribution in [3.63, 3.8) is 0 Å². The summed E-state index contributed by atoms with van der Waals surface area (Å²) < 4.78 is 0. The van der Waals surface area contributed by atoms with Crippen LogP contribution in [0.25, 0.3) is 0 Å². The van der Waals surface area contributed by atoms with Crippen LogP contribution in [-0.4, -0.2) is 31.4 Å². The minimum Gasteiger partial charge on any atom is -0.371 e. The van der Waals surface area contributed by atoms with E-state index >= 15 is 0 Å². The molecule has 5 nitrogen and oxygen atoms in total. The molecule has 1 saturated heterocycles. The maximum Gasteiger partial charge on any atom is 0.253 e. The van der Waals surface area contributed by atoms with Gasteiger partial charge in [0.2, 0.25) is 5.91 Å². The number of carbonyl (C=O) groups is 2. The fourth-order valence-corrected chi connectivity index (χ4v) is 3.03. The molecule has 1 aliphatic rings. The van der Waals surface area contributed by atoms with Gasteiger partial charge in [-0.25, -0.2) is 0 Å². The molecule has 0 radical (unpaired) electrons. The van der Waals surface area contributed by atoms with E-state index in [1.807, 2.05) is 39.0 Å². The van der Waals surface area contributed by atoms with E-state index in [1.54, 1.807) is 0 Å². The van der Waals surface area contributed by atoms with E-state index in [-0.39, 0.29) is 11.8 Å². The lowest BCUT2D eigenvalue weighted by Crippen LogP contribution is -2.35. The first kappa shape index (κ1) is 21.3. The highest BCUT2D eigenvalue weighted by Crippen LogP contribution is 2.29. The average Bonchev–Trinajstić information content (AvgIpc) is 2.59. The number of rotatable bonds is 5. The molecular weight excluding hydrogens is 338 g/mol. The van der Waals surface area contributed by atoms with Crippen molar-refractivity contribution in [1.82, 2.24) is 5.32 Å². The molecule has 0 saturated carbocycles. The topological polar surface area (TPSA) is 61.4 Å². The van der Waals surface area contributed by atoms with Crippen LogP contribution in [0, 0.1) is 17.3 Å². The van der Waals surface area contributed by atoms with E-state index in [4.69, 9.17) is 0 Å². The largest absolute Gasteiger partial charge is 0.371 e. The second kappa shape index (κ2) is 8.77. The van der Waals surface area contributed by atoms with E-state index in [1.165, 1.54) is 0 Å². The second-order valence-corrected chi connectivity index (χ2v) is 9.21. The molecule has 0 atom stereocenters. The van der Waals surface area contributed by atoms with Crippen LogP contribution in [0.4, 0.5) is 11.4 Å². The molecule has 1 heterocycles. The van der Waals surface area contributed by atoms with Gasteiger partial charge in [0.05, 0.1) is 5.56 Å². The summed E-state index contributed by atoms with van der Waals surface area (Å²) in [5.41, 5.74) is 1.77. The lowest BCUT2D eigenvalue weighted by Gasteiger charge is -2.33. The second-order valence-electron chi connectivity index (χ2n) is 9.21. The molecule has 0 bridgehead atoms. The Hall–Kier alpha value is -2.04. The van der Waals surface area contributed by atoms with E-state index in [0.717, 1.165) is 37.5 Å². The molecule has 1 aliphatic heterocycles. The Bertz CT molecular complexity index is 669. The minimum absolute atomic E-state index is 0.0596. The van der Waals surface area contributed by atoms with Crippen LogP contribution in [0.2, 0.25) is 0 Å². The lowest BCUT2D eigenvalue weighted by atomic mass is 9.95. The number of nitrogens with zero attached hydrogens (tertiary/aromatic N) is 1. The molecule has 0 unspecified atom stereocenters. The number of piperidine rings is 1. The van der Waals surface area contributed by atoms with Crippen LogP contribution < -0.4 is 15.5 Å². The molecular formula is C22H35N3O2. The summed E-state index contributed by atoms with van der Waals surface area (Å²) in [6.45, 7) is 14.6. The fraction of sp³-hybridized carbons (Fsp3) is 0.636. The molecule has 2 amide bonds. The lowest BCUT2D eigenvalue weighted by molar-refractivity contribution is -0.123. The number of anilines is 2. The van der Waals surface area contributed by atoms with Crippen molar-refractivity contribution in [3.05, 3.63) is 23.8 Å². The maximum atomic E-state index is 12.9. The van der Waals surface area contributed by atoms with E-state index in [2.05, 4.69) is 36.3 Å². The van der Waals surface area contributed by atoms with Crippen molar-refractivity contribution in [2.75, 3.05) is 29.9 Å². The summed E-state index contributed by atoms with van der Waals surface area (Å²) >= 11 is 0. The van der Waals surface area contributed by atoms with Crippen molar-refractivity contribution < 1.29 is 9.59 Å². The quantitative estimate of drug-likeness (QED) is 0.809. The summed E-state index contributed by atoms with van der Waals surface area (Å²) in [6.07, 6.45) is 2.27. The highest BCUT2D eigenvalue weighted by molar-refractivity contribution is 6.02. The van der Waals surface area contributed by atoms with Crippen molar-refractivity contribution >= 4 is 23.2 Å².